The molecule has 0 unspecified atom stereocenters. The number of nitrogens with zero attached hydrogens (tertiary/aromatic N) is 1. The summed E-state index contributed by atoms with van der Waals surface area (Å²) in [7, 11) is 0. The molecule has 0 bridgehead atoms. The van der Waals surface area contributed by atoms with Gasteiger partial charge in [0.05, 0.1) is 0 Å². The predicted molar refractivity (Wildman–Crippen MR) is 118 cm³/mol. The minimum Gasteiger partial charge on any atom is -0.444 e. The van der Waals surface area contributed by atoms with Crippen LogP contribution >= 0.6 is 0 Å². The van der Waals surface area contributed by atoms with E-state index in [9.17, 15) is 4.79 Å². The Labute approximate surface area is 175 Å². The van der Waals surface area contributed by atoms with Gasteiger partial charge in [-0.3, -0.25) is 0 Å². The van der Waals surface area contributed by atoms with E-state index in [0.29, 0.717) is 6.54 Å². The van der Waals surface area contributed by atoms with E-state index in [1.165, 1.54) is 39.8 Å². The molecule has 1 N–H and O–H groups in total. The maximum Gasteiger partial charge on any atom is 0.410 e. The third-order valence-electron chi connectivity index (χ3n) is 5.27. The third kappa shape index (κ3) is 6.07. The largest absolute Gasteiger partial charge is 0.444 e. The van der Waals surface area contributed by atoms with E-state index in [-0.39, 0.29) is 6.09 Å². The number of rotatable bonds is 0. The van der Waals surface area contributed by atoms with Crippen molar-refractivity contribution in [2.24, 2.45) is 0 Å². The van der Waals surface area contributed by atoms with Crippen molar-refractivity contribution in [3.8, 4) is 0 Å². The number of carbonyl (C=O) groups is 1. The second-order valence-electron chi connectivity index (χ2n) is 9.12. The molecule has 0 aliphatic carbocycles. The summed E-state index contributed by atoms with van der Waals surface area (Å²) in [6, 6.07) is 13.1. The molecule has 2 aliphatic rings. The standard InChI is InChI=1S/C15H21NO2.C10H13N/c1-11-5-6-13-10-16(8-7-12(13)9-11)14(17)18-15(2,3)4;1-8-2-3-10-7-11-5-4-9(10)6-8/h5-6,9H,7-8,10H2,1-4H3;2-3,6,11H,4-5,7H2,1H3. The topological polar surface area (TPSA) is 41.6 Å². The van der Waals surface area contributed by atoms with Crippen LogP contribution < -0.4 is 5.32 Å². The molecule has 0 aromatic heterocycles. The van der Waals surface area contributed by atoms with E-state index in [1.807, 2.05) is 20.8 Å². The van der Waals surface area contributed by atoms with E-state index in [0.717, 1.165) is 26.1 Å². The van der Waals surface area contributed by atoms with Crippen molar-refractivity contribution in [2.45, 2.75) is 66.2 Å². The van der Waals surface area contributed by atoms with E-state index in [1.54, 1.807) is 4.90 Å². The second-order valence-corrected chi connectivity index (χ2v) is 9.12. The quantitative estimate of drug-likeness (QED) is 0.689. The van der Waals surface area contributed by atoms with Crippen molar-refractivity contribution in [1.29, 1.82) is 0 Å². The molecule has 0 saturated heterocycles. The minimum atomic E-state index is -0.426. The first kappa shape index (κ1) is 21.4. The molecule has 2 aliphatic heterocycles. The average molecular weight is 395 g/mol. The molecule has 1 amide bonds. The van der Waals surface area contributed by atoms with Gasteiger partial charge in [-0.05, 0) is 76.3 Å². The first-order valence-corrected chi connectivity index (χ1v) is 10.6. The SMILES string of the molecule is Cc1ccc2c(c1)CCN(C(=O)OC(C)(C)C)C2.Cc1ccc2c(c1)CCNC2. The summed E-state index contributed by atoms with van der Waals surface area (Å²) in [5.41, 5.74) is 7.83. The van der Waals surface area contributed by atoms with E-state index >= 15 is 0 Å². The van der Waals surface area contributed by atoms with Crippen LogP contribution in [0.15, 0.2) is 36.4 Å². The van der Waals surface area contributed by atoms with Crippen molar-refractivity contribution < 1.29 is 9.53 Å². The lowest BCUT2D eigenvalue weighted by Gasteiger charge is -2.31. The Morgan fingerprint density at radius 1 is 0.931 bits per heavy atom. The Hall–Kier alpha value is -2.33. The van der Waals surface area contributed by atoms with Crippen LogP contribution in [0.4, 0.5) is 4.79 Å². The van der Waals surface area contributed by atoms with Gasteiger partial charge in [-0.25, -0.2) is 4.79 Å². The molecule has 156 valence electrons. The number of aryl methyl sites for hydroxylation is 2. The van der Waals surface area contributed by atoms with Gasteiger partial charge in [0.15, 0.2) is 0 Å². The normalized spacial score (nSPS) is 15.6. The Bertz CT molecular complexity index is 868. The van der Waals surface area contributed by atoms with Crippen LogP contribution in [0.3, 0.4) is 0 Å². The predicted octanol–water partition coefficient (Wildman–Crippen LogP) is 4.93. The van der Waals surface area contributed by atoms with Crippen molar-refractivity contribution in [3.05, 3.63) is 69.8 Å². The molecular weight excluding hydrogens is 360 g/mol. The van der Waals surface area contributed by atoms with Gasteiger partial charge in [0.2, 0.25) is 0 Å². The molecule has 0 fully saturated rings. The highest BCUT2D eigenvalue weighted by molar-refractivity contribution is 5.68. The Morgan fingerprint density at radius 3 is 2.21 bits per heavy atom. The maximum absolute atomic E-state index is 12.0. The van der Waals surface area contributed by atoms with Crippen LogP contribution in [-0.2, 0) is 30.7 Å². The molecule has 4 rings (SSSR count). The van der Waals surface area contributed by atoms with Crippen molar-refractivity contribution in [2.75, 3.05) is 13.1 Å². The van der Waals surface area contributed by atoms with Crippen LogP contribution in [0, 0.1) is 13.8 Å². The number of benzene rings is 2. The second kappa shape index (κ2) is 9.00. The van der Waals surface area contributed by atoms with Gasteiger partial charge >= 0.3 is 6.09 Å². The van der Waals surface area contributed by atoms with Gasteiger partial charge in [0.25, 0.3) is 0 Å². The van der Waals surface area contributed by atoms with Crippen molar-refractivity contribution in [1.82, 2.24) is 10.2 Å². The molecule has 2 aromatic rings. The maximum atomic E-state index is 12.0. The zero-order valence-corrected chi connectivity index (χ0v) is 18.5. The lowest BCUT2D eigenvalue weighted by atomic mass is 9.98. The molecule has 0 radical (unpaired) electrons. The number of fused-ring (bicyclic) bond motifs is 2. The monoisotopic (exact) mass is 394 g/mol. The van der Waals surface area contributed by atoms with Crippen molar-refractivity contribution >= 4 is 6.09 Å². The number of ether oxygens (including phenoxy) is 1. The van der Waals surface area contributed by atoms with Crippen LogP contribution in [0.25, 0.3) is 0 Å². The fourth-order valence-corrected chi connectivity index (χ4v) is 3.77. The lowest BCUT2D eigenvalue weighted by molar-refractivity contribution is 0.0224. The van der Waals surface area contributed by atoms with Crippen molar-refractivity contribution in [3.63, 3.8) is 0 Å². The fourth-order valence-electron chi connectivity index (χ4n) is 3.77. The van der Waals surface area contributed by atoms with Gasteiger partial charge in [-0.1, -0.05) is 47.5 Å². The van der Waals surface area contributed by atoms with Gasteiger partial charge < -0.3 is 15.0 Å². The first-order valence-electron chi connectivity index (χ1n) is 10.6. The molecule has 4 nitrogen and oxygen atoms in total. The van der Waals surface area contributed by atoms with Crippen LogP contribution in [0.1, 0.15) is 54.2 Å². The van der Waals surface area contributed by atoms with Crippen LogP contribution in [0.2, 0.25) is 0 Å². The number of carbonyl (C=O) groups excluding carboxylic acids is 1. The van der Waals surface area contributed by atoms with E-state index in [4.69, 9.17) is 4.74 Å². The third-order valence-corrected chi connectivity index (χ3v) is 5.27. The summed E-state index contributed by atoms with van der Waals surface area (Å²) >= 11 is 0. The Morgan fingerprint density at radius 2 is 1.55 bits per heavy atom. The summed E-state index contributed by atoms with van der Waals surface area (Å²) < 4.78 is 5.40. The highest BCUT2D eigenvalue weighted by atomic mass is 16.6. The number of hydrogen-bond donors (Lipinski definition) is 1. The summed E-state index contributed by atoms with van der Waals surface area (Å²) in [5.74, 6) is 0. The Balaban J connectivity index is 0.000000186. The van der Waals surface area contributed by atoms with E-state index < -0.39 is 5.60 Å². The molecule has 0 spiro atoms. The Kier molecular flexibility index (Phi) is 6.63. The zero-order valence-electron chi connectivity index (χ0n) is 18.5. The van der Waals surface area contributed by atoms with E-state index in [2.05, 4.69) is 55.6 Å². The van der Waals surface area contributed by atoms with Gasteiger partial charge in [-0.15, -0.1) is 0 Å². The first-order chi connectivity index (χ1) is 13.7. The van der Waals surface area contributed by atoms with Gasteiger partial charge in [0, 0.05) is 19.6 Å². The molecule has 29 heavy (non-hydrogen) atoms. The zero-order chi connectivity index (χ0) is 21.0. The number of nitrogens with one attached hydrogen (secondary N) is 1. The average Bonchev–Trinajstić information content (AvgIpc) is 2.66. The molecule has 0 atom stereocenters. The number of amides is 1. The lowest BCUT2D eigenvalue weighted by Crippen LogP contribution is -2.39. The summed E-state index contributed by atoms with van der Waals surface area (Å²) in [5, 5.41) is 3.36. The molecule has 0 saturated carbocycles. The minimum absolute atomic E-state index is 0.214. The molecule has 4 heteroatoms. The summed E-state index contributed by atoms with van der Waals surface area (Å²) in [6.07, 6.45) is 1.89. The van der Waals surface area contributed by atoms with Gasteiger partial charge in [0.1, 0.15) is 5.60 Å². The fraction of sp³-hybridized carbons (Fsp3) is 0.480. The summed E-state index contributed by atoms with van der Waals surface area (Å²) in [6.45, 7) is 13.5. The number of hydrogen-bond acceptors (Lipinski definition) is 3. The highest BCUT2D eigenvalue weighted by Gasteiger charge is 2.25. The van der Waals surface area contributed by atoms with Gasteiger partial charge in [-0.2, -0.15) is 0 Å². The van der Waals surface area contributed by atoms with Crippen LogP contribution in [-0.4, -0.2) is 29.7 Å². The molecular formula is C25H34N2O2. The van der Waals surface area contributed by atoms with Crippen LogP contribution in [0.5, 0.6) is 0 Å². The molecule has 2 aromatic carbocycles. The smallest absolute Gasteiger partial charge is 0.410 e. The highest BCUT2D eigenvalue weighted by Crippen LogP contribution is 2.22. The molecule has 2 heterocycles. The summed E-state index contributed by atoms with van der Waals surface area (Å²) in [4.78, 5) is 13.8.